The molecule has 0 unspecified atom stereocenters. The summed E-state index contributed by atoms with van der Waals surface area (Å²) in [6.45, 7) is 2.69. The minimum absolute atomic E-state index is 0.111. The molecule has 2 aliphatic heterocycles. The Balaban J connectivity index is 1.66. The quantitative estimate of drug-likeness (QED) is 0.686. The second-order valence-electron chi connectivity index (χ2n) is 7.16. The molecule has 3 rings (SSSR count). The fourth-order valence-electron chi connectivity index (χ4n) is 3.56. The second-order valence-corrected chi connectivity index (χ2v) is 9.09. The molecule has 2 heterocycles. The highest BCUT2D eigenvalue weighted by atomic mass is 32.2. The van der Waals surface area contributed by atoms with Crippen molar-refractivity contribution >= 4 is 16.1 Å². The summed E-state index contributed by atoms with van der Waals surface area (Å²) in [7, 11) is 0.0623. The lowest BCUT2D eigenvalue weighted by Gasteiger charge is -2.39. The van der Waals surface area contributed by atoms with Gasteiger partial charge >= 0.3 is 0 Å². The number of likely N-dealkylation sites (N-methyl/N-ethyl adjacent to an activating group) is 1. The Labute approximate surface area is 165 Å². The van der Waals surface area contributed by atoms with Gasteiger partial charge in [0.25, 0.3) is 10.2 Å². The smallest absolute Gasteiger partial charge is 0.282 e. The molecule has 0 N–H and O–H groups in total. The van der Waals surface area contributed by atoms with Crippen LogP contribution in [0, 0.1) is 5.82 Å². The molecule has 2 fully saturated rings. The molecule has 2 aliphatic rings. The third-order valence-corrected chi connectivity index (χ3v) is 7.14. The summed E-state index contributed by atoms with van der Waals surface area (Å²) in [4.78, 5) is 16.5. The normalized spacial score (nSPS) is 21.1. The van der Waals surface area contributed by atoms with Crippen molar-refractivity contribution in [3.05, 3.63) is 35.6 Å². The molecule has 1 amide bonds. The maximum atomic E-state index is 13.2. The Kier molecular flexibility index (Phi) is 6.66. The van der Waals surface area contributed by atoms with Crippen molar-refractivity contribution in [3.63, 3.8) is 0 Å². The van der Waals surface area contributed by atoms with E-state index in [1.54, 1.807) is 36.0 Å². The van der Waals surface area contributed by atoms with Crippen LogP contribution in [0.2, 0.25) is 0 Å². The van der Waals surface area contributed by atoms with Gasteiger partial charge in [0.05, 0.1) is 13.2 Å². The molecule has 1 aromatic rings. The average molecular weight is 415 g/mol. The SMILES string of the molecule is CN(C)[C@H](C(=O)N1CCN(S(=O)(=O)N2CCOCC2)CC1)c1ccc(F)cc1. The maximum Gasteiger partial charge on any atom is 0.282 e. The van der Waals surface area contributed by atoms with Gasteiger partial charge in [-0.3, -0.25) is 9.69 Å². The van der Waals surface area contributed by atoms with Gasteiger partial charge in [-0.05, 0) is 31.8 Å². The van der Waals surface area contributed by atoms with E-state index in [9.17, 15) is 17.6 Å². The monoisotopic (exact) mass is 414 g/mol. The molecule has 0 radical (unpaired) electrons. The fraction of sp³-hybridized carbons (Fsp3) is 0.611. The van der Waals surface area contributed by atoms with Crippen LogP contribution in [-0.4, -0.2) is 99.3 Å². The average Bonchev–Trinajstić information content (AvgIpc) is 2.70. The van der Waals surface area contributed by atoms with Gasteiger partial charge in [0, 0.05) is 39.3 Å². The number of nitrogens with zero attached hydrogens (tertiary/aromatic N) is 4. The van der Waals surface area contributed by atoms with Crippen LogP contribution in [0.3, 0.4) is 0 Å². The zero-order valence-corrected chi connectivity index (χ0v) is 17.1. The van der Waals surface area contributed by atoms with Crippen molar-refractivity contribution in [2.75, 3.05) is 66.6 Å². The van der Waals surface area contributed by atoms with Crippen molar-refractivity contribution in [2.24, 2.45) is 0 Å². The van der Waals surface area contributed by atoms with Gasteiger partial charge in [-0.1, -0.05) is 12.1 Å². The van der Waals surface area contributed by atoms with E-state index in [0.29, 0.717) is 45.0 Å². The Morgan fingerprint density at radius 3 is 2.07 bits per heavy atom. The van der Waals surface area contributed by atoms with Gasteiger partial charge in [0.15, 0.2) is 0 Å². The molecule has 2 saturated heterocycles. The first-order chi connectivity index (χ1) is 13.3. The van der Waals surface area contributed by atoms with E-state index in [1.807, 2.05) is 0 Å². The van der Waals surface area contributed by atoms with Crippen molar-refractivity contribution in [2.45, 2.75) is 6.04 Å². The van der Waals surface area contributed by atoms with E-state index in [4.69, 9.17) is 4.74 Å². The van der Waals surface area contributed by atoms with Crippen LogP contribution in [0.1, 0.15) is 11.6 Å². The number of hydrogen-bond acceptors (Lipinski definition) is 5. The zero-order valence-electron chi connectivity index (χ0n) is 16.3. The van der Waals surface area contributed by atoms with Crippen LogP contribution in [-0.2, 0) is 19.7 Å². The first kappa shape index (κ1) is 21.1. The molecule has 0 aliphatic carbocycles. The second kappa shape index (κ2) is 8.83. The van der Waals surface area contributed by atoms with E-state index in [-0.39, 0.29) is 24.8 Å². The molecule has 28 heavy (non-hydrogen) atoms. The molecule has 1 aromatic carbocycles. The zero-order chi connectivity index (χ0) is 20.3. The first-order valence-electron chi connectivity index (χ1n) is 9.34. The van der Waals surface area contributed by atoms with Gasteiger partial charge in [-0.2, -0.15) is 17.0 Å². The number of hydrogen-bond donors (Lipinski definition) is 0. The summed E-state index contributed by atoms with van der Waals surface area (Å²) in [5.41, 5.74) is 0.708. The number of halogens is 1. The highest BCUT2D eigenvalue weighted by Gasteiger charge is 2.36. The standard InChI is InChI=1S/C18H27FN4O4S/c1-20(2)17(15-3-5-16(19)6-4-15)18(24)21-7-9-22(10-8-21)28(25,26)23-11-13-27-14-12-23/h3-6,17H,7-14H2,1-2H3/t17-/m0/s1. The Bertz CT molecular complexity index is 773. The number of benzene rings is 1. The predicted octanol–water partition coefficient (Wildman–Crippen LogP) is 0.150. The topological polar surface area (TPSA) is 73.4 Å². The highest BCUT2D eigenvalue weighted by molar-refractivity contribution is 7.86. The molecule has 156 valence electrons. The van der Waals surface area contributed by atoms with Crippen molar-refractivity contribution in [1.29, 1.82) is 0 Å². The lowest BCUT2D eigenvalue weighted by Crippen LogP contribution is -2.56. The number of rotatable bonds is 5. The van der Waals surface area contributed by atoms with Crippen LogP contribution < -0.4 is 0 Å². The minimum atomic E-state index is -3.53. The van der Waals surface area contributed by atoms with Crippen LogP contribution in [0.5, 0.6) is 0 Å². The van der Waals surface area contributed by atoms with Gasteiger partial charge in [-0.15, -0.1) is 0 Å². The first-order valence-corrected chi connectivity index (χ1v) is 10.7. The minimum Gasteiger partial charge on any atom is -0.379 e. The van der Waals surface area contributed by atoms with E-state index in [0.717, 1.165) is 0 Å². The Hall–Kier alpha value is -1.59. The van der Waals surface area contributed by atoms with Crippen LogP contribution in [0.25, 0.3) is 0 Å². The third-order valence-electron chi connectivity index (χ3n) is 5.11. The predicted molar refractivity (Wildman–Crippen MR) is 102 cm³/mol. The third kappa shape index (κ3) is 4.52. The molecule has 10 heteroatoms. The molecule has 0 bridgehead atoms. The number of carbonyl (C=O) groups is 1. The molecule has 0 aromatic heterocycles. The van der Waals surface area contributed by atoms with E-state index >= 15 is 0 Å². The highest BCUT2D eigenvalue weighted by Crippen LogP contribution is 2.23. The molecule has 0 saturated carbocycles. The Morgan fingerprint density at radius 2 is 1.54 bits per heavy atom. The van der Waals surface area contributed by atoms with Crippen molar-refractivity contribution < 1.29 is 22.3 Å². The number of amides is 1. The summed E-state index contributed by atoms with van der Waals surface area (Å²) < 4.78 is 46.9. The van der Waals surface area contributed by atoms with E-state index in [1.165, 1.54) is 20.7 Å². The largest absolute Gasteiger partial charge is 0.379 e. The van der Waals surface area contributed by atoms with Crippen molar-refractivity contribution in [3.8, 4) is 0 Å². The van der Waals surface area contributed by atoms with Gasteiger partial charge in [0.2, 0.25) is 5.91 Å². The summed E-state index contributed by atoms with van der Waals surface area (Å²) in [6, 6.07) is 5.36. The van der Waals surface area contributed by atoms with Crippen LogP contribution in [0.15, 0.2) is 24.3 Å². The fourth-order valence-corrected chi connectivity index (χ4v) is 5.12. The number of piperazine rings is 1. The van der Waals surface area contributed by atoms with E-state index in [2.05, 4.69) is 0 Å². The lowest BCUT2D eigenvalue weighted by molar-refractivity contribution is -0.137. The molecule has 8 nitrogen and oxygen atoms in total. The van der Waals surface area contributed by atoms with E-state index < -0.39 is 16.3 Å². The number of ether oxygens (including phenoxy) is 1. The lowest BCUT2D eigenvalue weighted by atomic mass is 10.0. The summed E-state index contributed by atoms with van der Waals surface area (Å²) in [5.74, 6) is -0.462. The number of carbonyl (C=O) groups excluding carboxylic acids is 1. The molecular formula is C18H27FN4O4S. The maximum absolute atomic E-state index is 13.2. The summed E-state index contributed by atoms with van der Waals surface area (Å²) in [6.07, 6.45) is 0. The summed E-state index contributed by atoms with van der Waals surface area (Å²) in [5, 5.41) is 0. The van der Waals surface area contributed by atoms with Crippen molar-refractivity contribution in [1.82, 2.24) is 18.4 Å². The van der Waals surface area contributed by atoms with Gasteiger partial charge in [0.1, 0.15) is 11.9 Å². The number of morpholine rings is 1. The molecular weight excluding hydrogens is 387 g/mol. The van der Waals surface area contributed by atoms with Crippen LogP contribution in [0.4, 0.5) is 4.39 Å². The molecule has 0 spiro atoms. The molecule has 1 atom stereocenters. The van der Waals surface area contributed by atoms with Crippen LogP contribution >= 0.6 is 0 Å². The Morgan fingerprint density at radius 1 is 1.00 bits per heavy atom. The van der Waals surface area contributed by atoms with Gasteiger partial charge < -0.3 is 9.64 Å². The van der Waals surface area contributed by atoms with Gasteiger partial charge in [-0.25, -0.2) is 4.39 Å². The summed E-state index contributed by atoms with van der Waals surface area (Å²) >= 11 is 0.